The SMILES string of the molecule is Cl[C@H]1CCCC[C@@H]1N(Cc1ccccc1)Cc1ccccc1. The molecule has 0 saturated heterocycles. The Kier molecular flexibility index (Phi) is 5.53. The summed E-state index contributed by atoms with van der Waals surface area (Å²) in [4.78, 5) is 2.57. The van der Waals surface area contributed by atoms with Crippen LogP contribution in [0.2, 0.25) is 0 Å². The van der Waals surface area contributed by atoms with E-state index < -0.39 is 0 Å². The highest BCUT2D eigenvalue weighted by Gasteiger charge is 2.28. The van der Waals surface area contributed by atoms with Gasteiger partial charge in [-0.25, -0.2) is 0 Å². The summed E-state index contributed by atoms with van der Waals surface area (Å²) in [6.07, 6.45) is 4.93. The zero-order valence-electron chi connectivity index (χ0n) is 13.0. The lowest BCUT2D eigenvalue weighted by atomic mass is 9.93. The molecule has 0 bridgehead atoms. The Morgan fingerprint density at radius 3 is 1.77 bits per heavy atom. The van der Waals surface area contributed by atoms with E-state index in [9.17, 15) is 0 Å². The number of hydrogen-bond acceptors (Lipinski definition) is 1. The first kappa shape index (κ1) is 15.6. The Bertz CT molecular complexity index is 513. The van der Waals surface area contributed by atoms with E-state index in [2.05, 4.69) is 65.6 Å². The first-order chi connectivity index (χ1) is 10.8. The largest absolute Gasteiger partial charge is 0.290 e. The Labute approximate surface area is 138 Å². The molecule has 1 aliphatic rings. The van der Waals surface area contributed by atoms with Crippen LogP contribution < -0.4 is 0 Å². The Balaban J connectivity index is 1.78. The van der Waals surface area contributed by atoms with Crippen LogP contribution >= 0.6 is 11.6 Å². The molecule has 0 radical (unpaired) electrons. The summed E-state index contributed by atoms with van der Waals surface area (Å²) in [5.74, 6) is 0. The molecule has 1 aliphatic carbocycles. The summed E-state index contributed by atoms with van der Waals surface area (Å²) < 4.78 is 0. The van der Waals surface area contributed by atoms with Crippen molar-refractivity contribution in [2.75, 3.05) is 0 Å². The molecule has 0 aromatic heterocycles. The van der Waals surface area contributed by atoms with Crippen molar-refractivity contribution in [3.05, 3.63) is 71.8 Å². The summed E-state index contributed by atoms with van der Waals surface area (Å²) in [6.45, 7) is 1.95. The minimum Gasteiger partial charge on any atom is -0.290 e. The smallest absolute Gasteiger partial charge is 0.0491 e. The fourth-order valence-corrected chi connectivity index (χ4v) is 3.84. The molecule has 22 heavy (non-hydrogen) atoms. The van der Waals surface area contributed by atoms with Crippen LogP contribution in [0.15, 0.2) is 60.7 Å². The van der Waals surface area contributed by atoms with Gasteiger partial charge in [-0.1, -0.05) is 73.5 Å². The number of benzene rings is 2. The summed E-state index contributed by atoms with van der Waals surface area (Å²) in [7, 11) is 0. The zero-order chi connectivity index (χ0) is 15.2. The predicted molar refractivity (Wildman–Crippen MR) is 94.0 cm³/mol. The minimum absolute atomic E-state index is 0.279. The van der Waals surface area contributed by atoms with Crippen molar-refractivity contribution in [1.29, 1.82) is 0 Å². The van der Waals surface area contributed by atoms with Crippen molar-refractivity contribution >= 4 is 11.6 Å². The third-order valence-corrected chi connectivity index (χ3v) is 5.08. The van der Waals surface area contributed by atoms with Crippen LogP contribution in [0.4, 0.5) is 0 Å². The maximum Gasteiger partial charge on any atom is 0.0491 e. The van der Waals surface area contributed by atoms with Gasteiger partial charge < -0.3 is 0 Å². The lowest BCUT2D eigenvalue weighted by molar-refractivity contribution is 0.143. The van der Waals surface area contributed by atoms with Crippen LogP contribution in [0.5, 0.6) is 0 Å². The van der Waals surface area contributed by atoms with Gasteiger partial charge in [0.1, 0.15) is 0 Å². The quantitative estimate of drug-likeness (QED) is 0.682. The predicted octanol–water partition coefficient (Wildman–Crippen LogP) is 5.24. The molecule has 0 heterocycles. The highest BCUT2D eigenvalue weighted by atomic mass is 35.5. The second kappa shape index (κ2) is 7.80. The maximum atomic E-state index is 6.67. The molecule has 0 aliphatic heterocycles. The highest BCUT2D eigenvalue weighted by Crippen LogP contribution is 2.29. The van der Waals surface area contributed by atoms with E-state index in [0.717, 1.165) is 19.5 Å². The van der Waals surface area contributed by atoms with Crippen molar-refractivity contribution in [1.82, 2.24) is 4.90 Å². The molecule has 2 heteroatoms. The van der Waals surface area contributed by atoms with Gasteiger partial charge in [-0.05, 0) is 24.0 Å². The Hall–Kier alpha value is -1.31. The molecule has 3 rings (SSSR count). The van der Waals surface area contributed by atoms with Gasteiger partial charge in [-0.15, -0.1) is 11.6 Å². The van der Waals surface area contributed by atoms with Gasteiger partial charge in [0.25, 0.3) is 0 Å². The maximum absolute atomic E-state index is 6.67. The zero-order valence-corrected chi connectivity index (χ0v) is 13.8. The van der Waals surface area contributed by atoms with E-state index in [4.69, 9.17) is 11.6 Å². The van der Waals surface area contributed by atoms with E-state index in [1.54, 1.807) is 0 Å². The van der Waals surface area contributed by atoms with Gasteiger partial charge in [0.15, 0.2) is 0 Å². The highest BCUT2D eigenvalue weighted by molar-refractivity contribution is 6.21. The van der Waals surface area contributed by atoms with E-state index in [1.165, 1.54) is 30.4 Å². The molecule has 2 atom stereocenters. The monoisotopic (exact) mass is 313 g/mol. The molecule has 2 aromatic carbocycles. The average Bonchev–Trinajstić information content (AvgIpc) is 2.57. The van der Waals surface area contributed by atoms with Crippen molar-refractivity contribution in [3.8, 4) is 0 Å². The normalized spacial score (nSPS) is 21.9. The van der Waals surface area contributed by atoms with Crippen molar-refractivity contribution in [2.45, 2.75) is 50.2 Å². The molecule has 2 aromatic rings. The summed E-state index contributed by atoms with van der Waals surface area (Å²) in [5.41, 5.74) is 2.74. The van der Waals surface area contributed by atoms with Crippen molar-refractivity contribution in [3.63, 3.8) is 0 Å². The second-order valence-corrected chi connectivity index (χ2v) is 6.80. The van der Waals surface area contributed by atoms with E-state index in [1.807, 2.05) is 0 Å². The van der Waals surface area contributed by atoms with Crippen molar-refractivity contribution < 1.29 is 0 Å². The van der Waals surface area contributed by atoms with Crippen molar-refractivity contribution in [2.24, 2.45) is 0 Å². The molecule has 116 valence electrons. The fraction of sp³-hybridized carbons (Fsp3) is 0.400. The molecule has 1 fully saturated rings. The second-order valence-electron chi connectivity index (χ2n) is 6.24. The number of alkyl halides is 1. The number of nitrogens with zero attached hydrogens (tertiary/aromatic N) is 1. The van der Waals surface area contributed by atoms with Gasteiger partial charge >= 0.3 is 0 Å². The summed E-state index contributed by atoms with van der Waals surface area (Å²) in [6, 6.07) is 22.0. The van der Waals surface area contributed by atoms with Gasteiger partial charge in [-0.2, -0.15) is 0 Å². The van der Waals surface area contributed by atoms with E-state index >= 15 is 0 Å². The third-order valence-electron chi connectivity index (χ3n) is 4.57. The Morgan fingerprint density at radius 2 is 1.27 bits per heavy atom. The summed E-state index contributed by atoms with van der Waals surface area (Å²) in [5, 5.41) is 0.279. The van der Waals surface area contributed by atoms with Gasteiger partial charge in [0.05, 0.1) is 0 Å². The van der Waals surface area contributed by atoms with Crippen LogP contribution in [0.1, 0.15) is 36.8 Å². The van der Waals surface area contributed by atoms with Crippen LogP contribution in [0.25, 0.3) is 0 Å². The third kappa shape index (κ3) is 4.12. The molecule has 0 unspecified atom stereocenters. The van der Waals surface area contributed by atoms with E-state index in [-0.39, 0.29) is 5.38 Å². The number of halogens is 1. The molecule has 1 saturated carbocycles. The first-order valence-electron chi connectivity index (χ1n) is 8.29. The summed E-state index contributed by atoms with van der Waals surface area (Å²) >= 11 is 6.67. The lowest BCUT2D eigenvalue weighted by Crippen LogP contribution is -2.42. The van der Waals surface area contributed by atoms with Gasteiger partial charge in [-0.3, -0.25) is 4.90 Å². The lowest BCUT2D eigenvalue weighted by Gasteiger charge is -2.37. The number of rotatable bonds is 5. The molecule has 0 spiro atoms. The Morgan fingerprint density at radius 1 is 0.773 bits per heavy atom. The van der Waals surface area contributed by atoms with Crippen LogP contribution in [0, 0.1) is 0 Å². The molecular weight excluding hydrogens is 290 g/mol. The minimum atomic E-state index is 0.279. The average molecular weight is 314 g/mol. The number of hydrogen-bond donors (Lipinski definition) is 0. The van der Waals surface area contributed by atoms with E-state index in [0.29, 0.717) is 6.04 Å². The molecule has 1 nitrogen and oxygen atoms in total. The topological polar surface area (TPSA) is 3.24 Å². The standard InChI is InChI=1S/C20H24ClN/c21-19-13-7-8-14-20(19)22(15-17-9-3-1-4-10-17)16-18-11-5-2-6-12-18/h1-6,9-12,19-20H,7-8,13-16H2/t19-,20-/m0/s1. The molecule has 0 N–H and O–H groups in total. The van der Waals surface area contributed by atoms with Gasteiger partial charge in [0, 0.05) is 24.5 Å². The van der Waals surface area contributed by atoms with Crippen LogP contribution in [0.3, 0.4) is 0 Å². The molecular formula is C20H24ClN. The molecule has 0 amide bonds. The van der Waals surface area contributed by atoms with Crippen LogP contribution in [-0.2, 0) is 13.1 Å². The van der Waals surface area contributed by atoms with Crippen LogP contribution in [-0.4, -0.2) is 16.3 Å². The van der Waals surface area contributed by atoms with Gasteiger partial charge in [0.2, 0.25) is 0 Å². The fourth-order valence-electron chi connectivity index (χ4n) is 3.40. The first-order valence-corrected chi connectivity index (χ1v) is 8.72.